The average molecular weight is 297 g/mol. The van der Waals surface area contributed by atoms with Gasteiger partial charge in [0.2, 0.25) is 0 Å². The fraction of sp³-hybridized carbons (Fsp3) is 0.400. The van der Waals surface area contributed by atoms with Crippen molar-refractivity contribution in [1.29, 1.82) is 0 Å². The average Bonchev–Trinajstić information content (AvgIpc) is 2.87. The van der Waals surface area contributed by atoms with E-state index >= 15 is 0 Å². The van der Waals surface area contributed by atoms with E-state index in [9.17, 15) is 4.39 Å². The molecule has 0 bridgehead atoms. The maximum Gasteiger partial charge on any atom is 0.141 e. The highest BCUT2D eigenvalue weighted by atomic mass is 79.9. The minimum Gasteiger partial charge on any atom is -0.492 e. The van der Waals surface area contributed by atoms with Gasteiger partial charge in [0.1, 0.15) is 18.2 Å². The van der Waals surface area contributed by atoms with Crippen LogP contribution in [0.2, 0.25) is 0 Å². The van der Waals surface area contributed by atoms with Gasteiger partial charge in [0.05, 0.1) is 10.0 Å². The lowest BCUT2D eigenvalue weighted by molar-refractivity contribution is 0.278. The Morgan fingerprint density at radius 1 is 1.47 bits per heavy atom. The SMILES string of the molecule is Cl.NC1(COc2ccc(Br)c(F)c2)CC1. The Balaban J connectivity index is 0.00000112. The van der Waals surface area contributed by atoms with E-state index in [2.05, 4.69) is 15.9 Å². The molecule has 0 atom stereocenters. The molecule has 0 unspecified atom stereocenters. The summed E-state index contributed by atoms with van der Waals surface area (Å²) in [6, 6.07) is 4.70. The summed E-state index contributed by atoms with van der Waals surface area (Å²) in [5, 5.41) is 0. The largest absolute Gasteiger partial charge is 0.492 e. The first-order valence-corrected chi connectivity index (χ1v) is 5.25. The Bertz CT molecular complexity index is 357. The molecule has 1 aliphatic carbocycles. The molecule has 1 saturated carbocycles. The first-order chi connectivity index (χ1) is 6.59. The fourth-order valence-electron chi connectivity index (χ4n) is 1.10. The van der Waals surface area contributed by atoms with Gasteiger partial charge in [0.25, 0.3) is 0 Å². The normalized spacial score (nSPS) is 16.7. The highest BCUT2D eigenvalue weighted by Crippen LogP contribution is 2.33. The molecule has 2 rings (SSSR count). The molecule has 15 heavy (non-hydrogen) atoms. The van der Waals surface area contributed by atoms with Crippen molar-refractivity contribution in [3.63, 3.8) is 0 Å². The number of hydrogen-bond donors (Lipinski definition) is 1. The molecule has 1 fully saturated rings. The van der Waals surface area contributed by atoms with Crippen LogP contribution in [-0.2, 0) is 0 Å². The Labute approximate surface area is 103 Å². The zero-order valence-electron chi connectivity index (χ0n) is 8.00. The number of rotatable bonds is 3. The molecule has 2 N–H and O–H groups in total. The monoisotopic (exact) mass is 295 g/mol. The van der Waals surface area contributed by atoms with E-state index in [1.807, 2.05) is 0 Å². The van der Waals surface area contributed by atoms with E-state index in [-0.39, 0.29) is 23.8 Å². The van der Waals surface area contributed by atoms with Crippen LogP contribution in [-0.4, -0.2) is 12.1 Å². The minimum absolute atomic E-state index is 0. The molecule has 0 aliphatic heterocycles. The summed E-state index contributed by atoms with van der Waals surface area (Å²) in [4.78, 5) is 0. The standard InChI is InChI=1S/C10H11BrFNO.ClH/c11-8-2-1-7(5-9(8)12)14-6-10(13)3-4-10;/h1-2,5H,3-4,6,13H2;1H. The predicted octanol–water partition coefficient (Wildman–Crippen LogP) is 2.88. The van der Waals surface area contributed by atoms with Gasteiger partial charge < -0.3 is 10.5 Å². The molecule has 84 valence electrons. The van der Waals surface area contributed by atoms with Gasteiger partial charge in [-0.25, -0.2) is 4.39 Å². The van der Waals surface area contributed by atoms with E-state index in [4.69, 9.17) is 10.5 Å². The predicted molar refractivity (Wildman–Crippen MR) is 63.0 cm³/mol. The van der Waals surface area contributed by atoms with E-state index in [1.165, 1.54) is 6.07 Å². The lowest BCUT2D eigenvalue weighted by atomic mass is 10.3. The number of hydrogen-bond acceptors (Lipinski definition) is 2. The minimum atomic E-state index is -0.315. The van der Waals surface area contributed by atoms with Crippen LogP contribution in [0.1, 0.15) is 12.8 Å². The van der Waals surface area contributed by atoms with Crippen molar-refractivity contribution in [3.8, 4) is 5.75 Å². The van der Waals surface area contributed by atoms with E-state index in [0.717, 1.165) is 12.8 Å². The Hall–Kier alpha value is -0.320. The second kappa shape index (κ2) is 4.68. The zero-order valence-corrected chi connectivity index (χ0v) is 10.4. The van der Waals surface area contributed by atoms with Crippen molar-refractivity contribution in [2.75, 3.05) is 6.61 Å². The maximum atomic E-state index is 13.1. The maximum absolute atomic E-state index is 13.1. The topological polar surface area (TPSA) is 35.2 Å². The zero-order chi connectivity index (χ0) is 10.2. The first kappa shape index (κ1) is 12.7. The fourth-order valence-corrected chi connectivity index (χ4v) is 1.35. The van der Waals surface area contributed by atoms with E-state index in [0.29, 0.717) is 16.8 Å². The molecule has 0 heterocycles. The summed E-state index contributed by atoms with van der Waals surface area (Å²) in [6.45, 7) is 0.466. The van der Waals surface area contributed by atoms with Crippen molar-refractivity contribution < 1.29 is 9.13 Å². The van der Waals surface area contributed by atoms with Crippen LogP contribution in [0.5, 0.6) is 5.75 Å². The molecule has 2 nitrogen and oxygen atoms in total. The quantitative estimate of drug-likeness (QED) is 0.931. The Morgan fingerprint density at radius 3 is 2.67 bits per heavy atom. The van der Waals surface area contributed by atoms with Gasteiger partial charge in [-0.05, 0) is 40.9 Å². The van der Waals surface area contributed by atoms with Gasteiger partial charge in [0.15, 0.2) is 0 Å². The van der Waals surface area contributed by atoms with Crippen LogP contribution in [0.4, 0.5) is 4.39 Å². The highest BCUT2D eigenvalue weighted by Gasteiger charge is 2.39. The van der Waals surface area contributed by atoms with Gasteiger partial charge in [0, 0.05) is 6.07 Å². The first-order valence-electron chi connectivity index (χ1n) is 4.46. The van der Waals surface area contributed by atoms with Crippen LogP contribution >= 0.6 is 28.3 Å². The molecule has 0 aromatic heterocycles. The van der Waals surface area contributed by atoms with Crippen LogP contribution in [0.25, 0.3) is 0 Å². The van der Waals surface area contributed by atoms with Gasteiger partial charge in [-0.1, -0.05) is 0 Å². The molecule has 0 spiro atoms. The molecular weight excluding hydrogens is 284 g/mol. The number of benzene rings is 1. The summed E-state index contributed by atoms with van der Waals surface area (Å²) in [5.41, 5.74) is 5.67. The molecule has 0 saturated heterocycles. The Morgan fingerprint density at radius 2 is 2.13 bits per heavy atom. The van der Waals surface area contributed by atoms with Gasteiger partial charge in [-0.15, -0.1) is 12.4 Å². The van der Waals surface area contributed by atoms with Crippen LogP contribution in [0.3, 0.4) is 0 Å². The van der Waals surface area contributed by atoms with Gasteiger partial charge >= 0.3 is 0 Å². The second-order valence-corrected chi connectivity index (χ2v) is 4.58. The third kappa shape index (κ3) is 3.33. The molecule has 5 heteroatoms. The molecule has 0 radical (unpaired) electrons. The number of nitrogens with two attached hydrogens (primary N) is 1. The van der Waals surface area contributed by atoms with Gasteiger partial charge in [-0.3, -0.25) is 0 Å². The summed E-state index contributed by atoms with van der Waals surface area (Å²) in [5.74, 6) is 0.215. The Kier molecular flexibility index (Phi) is 3.98. The molecule has 1 aromatic rings. The van der Waals surface area contributed by atoms with Crippen LogP contribution in [0.15, 0.2) is 22.7 Å². The number of ether oxygens (including phenoxy) is 1. The third-order valence-corrected chi connectivity index (χ3v) is 2.95. The van der Waals surface area contributed by atoms with Gasteiger partial charge in [-0.2, -0.15) is 0 Å². The van der Waals surface area contributed by atoms with E-state index < -0.39 is 0 Å². The summed E-state index contributed by atoms with van der Waals surface area (Å²) < 4.78 is 18.9. The summed E-state index contributed by atoms with van der Waals surface area (Å²) >= 11 is 3.08. The van der Waals surface area contributed by atoms with Crippen LogP contribution < -0.4 is 10.5 Å². The molecular formula is C10H12BrClFNO. The molecule has 0 amide bonds. The van der Waals surface area contributed by atoms with E-state index in [1.54, 1.807) is 12.1 Å². The third-order valence-electron chi connectivity index (χ3n) is 2.31. The smallest absolute Gasteiger partial charge is 0.141 e. The highest BCUT2D eigenvalue weighted by molar-refractivity contribution is 9.10. The van der Waals surface area contributed by atoms with Crippen molar-refractivity contribution in [2.24, 2.45) is 5.73 Å². The molecule has 1 aromatic carbocycles. The summed E-state index contributed by atoms with van der Waals surface area (Å²) in [6.07, 6.45) is 1.98. The second-order valence-electron chi connectivity index (χ2n) is 3.73. The van der Waals surface area contributed by atoms with Crippen molar-refractivity contribution in [1.82, 2.24) is 0 Å². The van der Waals surface area contributed by atoms with Crippen molar-refractivity contribution in [3.05, 3.63) is 28.5 Å². The lowest BCUT2D eigenvalue weighted by Gasteiger charge is -2.11. The van der Waals surface area contributed by atoms with Crippen molar-refractivity contribution in [2.45, 2.75) is 18.4 Å². The summed E-state index contributed by atoms with van der Waals surface area (Å²) in [7, 11) is 0. The number of halogens is 3. The van der Waals surface area contributed by atoms with Crippen molar-refractivity contribution >= 4 is 28.3 Å². The molecule has 1 aliphatic rings. The van der Waals surface area contributed by atoms with Crippen LogP contribution in [0, 0.1) is 5.82 Å². The lowest BCUT2D eigenvalue weighted by Crippen LogP contribution is -2.29.